The van der Waals surface area contributed by atoms with Gasteiger partial charge in [0.1, 0.15) is 23.2 Å². The highest BCUT2D eigenvalue weighted by Crippen LogP contribution is 2.47. The van der Waals surface area contributed by atoms with Gasteiger partial charge in [-0.2, -0.15) is 5.26 Å². The number of furan rings is 1. The number of Topliss-reactive ketones (excluding diaryl/α,β-unsaturated/α-hetero) is 1. The maximum atomic E-state index is 12.8. The molecule has 4 heteroatoms. The predicted octanol–water partition coefficient (Wildman–Crippen LogP) is 4.80. The Kier molecular flexibility index (Phi) is 4.50. The van der Waals surface area contributed by atoms with Gasteiger partial charge in [-0.1, -0.05) is 13.0 Å². The molecule has 25 heavy (non-hydrogen) atoms. The highest BCUT2D eigenvalue weighted by molar-refractivity contribution is 6.14. The second-order valence-electron chi connectivity index (χ2n) is 6.74. The number of ketones is 1. The lowest BCUT2D eigenvalue weighted by Crippen LogP contribution is -2.05. The van der Waals surface area contributed by atoms with Gasteiger partial charge >= 0.3 is 0 Å². The van der Waals surface area contributed by atoms with Gasteiger partial charge in [0.05, 0.1) is 0 Å². The Morgan fingerprint density at radius 1 is 1.48 bits per heavy atom. The average Bonchev–Trinajstić information content (AvgIpc) is 3.03. The molecule has 2 atom stereocenters. The van der Waals surface area contributed by atoms with Gasteiger partial charge in [0.2, 0.25) is 5.78 Å². The van der Waals surface area contributed by atoms with Crippen molar-refractivity contribution >= 4 is 11.9 Å². The Bertz CT molecular complexity index is 905. The fraction of sp³-hybridized carbons (Fsp3) is 0.333. The van der Waals surface area contributed by atoms with Crippen LogP contribution in [0.5, 0.6) is 0 Å². The molecular weight excluding hydrogens is 312 g/mol. The maximum Gasteiger partial charge on any atom is 0.205 e. The molecule has 1 aliphatic carbocycles. The second kappa shape index (κ2) is 6.60. The van der Waals surface area contributed by atoms with E-state index in [1.54, 1.807) is 12.2 Å². The van der Waals surface area contributed by atoms with Crippen molar-refractivity contribution in [2.24, 2.45) is 5.92 Å². The third-order valence-corrected chi connectivity index (χ3v) is 4.90. The van der Waals surface area contributed by atoms with Crippen molar-refractivity contribution in [2.45, 2.75) is 39.7 Å². The summed E-state index contributed by atoms with van der Waals surface area (Å²) in [5.41, 5.74) is 2.45. The molecule has 0 amide bonds. The van der Waals surface area contributed by atoms with Crippen LogP contribution in [-0.4, -0.2) is 10.4 Å². The lowest BCUT2D eigenvalue weighted by molar-refractivity contribution is 0.103. The molecule has 0 aliphatic heterocycles. The van der Waals surface area contributed by atoms with Gasteiger partial charge in [0.25, 0.3) is 0 Å². The number of carbonyl (C=O) groups excluding carboxylic acids is 1. The topological polar surface area (TPSA) is 58.9 Å². The summed E-state index contributed by atoms with van der Waals surface area (Å²) in [6.07, 6.45) is 4.47. The van der Waals surface area contributed by atoms with Crippen LogP contribution < -0.4 is 0 Å². The van der Waals surface area contributed by atoms with E-state index in [-0.39, 0.29) is 11.4 Å². The van der Waals surface area contributed by atoms with Crippen LogP contribution in [0, 0.1) is 31.1 Å². The Hall–Kier alpha value is -2.80. The zero-order valence-electron chi connectivity index (χ0n) is 14.9. The molecule has 0 unspecified atom stereocenters. The van der Waals surface area contributed by atoms with Crippen molar-refractivity contribution in [3.05, 3.63) is 64.9 Å². The summed E-state index contributed by atoms with van der Waals surface area (Å²) < 4.78 is 7.80. The number of hydrogen-bond acceptors (Lipinski definition) is 3. The van der Waals surface area contributed by atoms with Gasteiger partial charge in [-0.15, -0.1) is 6.58 Å². The van der Waals surface area contributed by atoms with Crippen molar-refractivity contribution in [1.82, 2.24) is 4.57 Å². The van der Waals surface area contributed by atoms with E-state index in [1.165, 1.54) is 0 Å². The monoisotopic (exact) mass is 334 g/mol. The summed E-state index contributed by atoms with van der Waals surface area (Å²) >= 11 is 0. The quantitative estimate of drug-likeness (QED) is 0.330. The SMILES string of the molecule is C=CCn1c(C)cc(C(=O)/C(C#N)=C/c2ccc([C@H]3C[C@H]3C)o2)c1C. The number of allylic oxidation sites excluding steroid dienone is 2. The number of nitrogens with zero attached hydrogens (tertiary/aromatic N) is 2. The van der Waals surface area contributed by atoms with E-state index in [1.807, 2.05) is 42.7 Å². The van der Waals surface area contributed by atoms with E-state index in [4.69, 9.17) is 4.42 Å². The molecule has 0 spiro atoms. The van der Waals surface area contributed by atoms with Gasteiger partial charge in [-0.25, -0.2) is 0 Å². The van der Waals surface area contributed by atoms with Crippen molar-refractivity contribution in [1.29, 1.82) is 5.26 Å². The van der Waals surface area contributed by atoms with Crippen LogP contribution in [0.2, 0.25) is 0 Å². The Morgan fingerprint density at radius 3 is 2.80 bits per heavy atom. The first kappa shape index (κ1) is 17.0. The molecule has 1 saturated carbocycles. The molecule has 4 nitrogen and oxygen atoms in total. The van der Waals surface area contributed by atoms with Gasteiger partial charge < -0.3 is 8.98 Å². The van der Waals surface area contributed by atoms with Crippen molar-refractivity contribution in [3.8, 4) is 6.07 Å². The second-order valence-corrected chi connectivity index (χ2v) is 6.74. The largest absolute Gasteiger partial charge is 0.461 e. The summed E-state index contributed by atoms with van der Waals surface area (Å²) in [4.78, 5) is 12.8. The third-order valence-electron chi connectivity index (χ3n) is 4.90. The van der Waals surface area contributed by atoms with Crippen LogP contribution >= 0.6 is 0 Å². The van der Waals surface area contributed by atoms with E-state index in [9.17, 15) is 10.1 Å². The van der Waals surface area contributed by atoms with Crippen LogP contribution in [0.4, 0.5) is 0 Å². The zero-order valence-corrected chi connectivity index (χ0v) is 14.9. The normalized spacial score (nSPS) is 19.5. The van der Waals surface area contributed by atoms with Gasteiger partial charge in [-0.05, 0) is 44.4 Å². The van der Waals surface area contributed by atoms with E-state index in [0.29, 0.717) is 29.7 Å². The average molecular weight is 334 g/mol. The molecule has 2 aromatic heterocycles. The van der Waals surface area contributed by atoms with Crippen LogP contribution in [-0.2, 0) is 6.54 Å². The molecule has 0 radical (unpaired) electrons. The first-order valence-corrected chi connectivity index (χ1v) is 8.50. The number of carbonyl (C=O) groups is 1. The molecule has 0 N–H and O–H groups in total. The molecule has 2 aromatic rings. The van der Waals surface area contributed by atoms with E-state index >= 15 is 0 Å². The minimum atomic E-state index is -0.274. The molecule has 128 valence electrons. The Balaban J connectivity index is 1.89. The summed E-state index contributed by atoms with van der Waals surface area (Å²) in [5, 5.41) is 9.46. The molecule has 0 bridgehead atoms. The molecule has 0 aromatic carbocycles. The lowest BCUT2D eigenvalue weighted by Gasteiger charge is -2.05. The summed E-state index contributed by atoms with van der Waals surface area (Å²) in [6, 6.07) is 7.61. The first-order chi connectivity index (χ1) is 12.0. The van der Waals surface area contributed by atoms with Gasteiger partial charge in [-0.3, -0.25) is 4.79 Å². The minimum absolute atomic E-state index is 0.0867. The van der Waals surface area contributed by atoms with Crippen LogP contribution in [0.3, 0.4) is 0 Å². The molecule has 1 fully saturated rings. The van der Waals surface area contributed by atoms with Gasteiger partial charge in [0.15, 0.2) is 0 Å². The number of hydrogen-bond donors (Lipinski definition) is 0. The first-order valence-electron chi connectivity index (χ1n) is 8.50. The van der Waals surface area contributed by atoms with E-state index in [0.717, 1.165) is 23.6 Å². The van der Waals surface area contributed by atoms with Crippen LogP contribution in [0.25, 0.3) is 6.08 Å². The lowest BCUT2D eigenvalue weighted by atomic mass is 10.0. The minimum Gasteiger partial charge on any atom is -0.461 e. The highest BCUT2D eigenvalue weighted by Gasteiger charge is 2.36. The molecule has 2 heterocycles. The molecule has 3 rings (SSSR count). The van der Waals surface area contributed by atoms with E-state index in [2.05, 4.69) is 13.5 Å². The molecule has 0 saturated heterocycles. The van der Waals surface area contributed by atoms with Gasteiger partial charge in [0, 0.05) is 35.5 Å². The predicted molar refractivity (Wildman–Crippen MR) is 97.3 cm³/mol. The molecule has 1 aliphatic rings. The summed E-state index contributed by atoms with van der Waals surface area (Å²) in [7, 11) is 0. The standard InChI is InChI=1S/C21H22N2O2/c1-5-8-23-14(3)10-19(15(23)4)21(24)16(12-22)11-17-6-7-20(25-17)18-9-13(18)2/h5-7,10-11,13,18H,1,8-9H2,2-4H3/b16-11+/t13-,18+/m1/s1. The zero-order chi connectivity index (χ0) is 18.1. The number of nitriles is 1. The number of rotatable bonds is 6. The van der Waals surface area contributed by atoms with Crippen LogP contribution in [0.1, 0.15) is 52.5 Å². The highest BCUT2D eigenvalue weighted by atomic mass is 16.3. The van der Waals surface area contributed by atoms with Crippen molar-refractivity contribution in [3.63, 3.8) is 0 Å². The number of aromatic nitrogens is 1. The number of aryl methyl sites for hydroxylation is 1. The summed E-state index contributed by atoms with van der Waals surface area (Å²) in [5.74, 6) is 2.34. The van der Waals surface area contributed by atoms with Crippen molar-refractivity contribution in [2.75, 3.05) is 0 Å². The summed E-state index contributed by atoms with van der Waals surface area (Å²) in [6.45, 7) is 10.4. The fourth-order valence-corrected chi connectivity index (χ4v) is 3.24. The fourth-order valence-electron chi connectivity index (χ4n) is 3.24. The van der Waals surface area contributed by atoms with Crippen molar-refractivity contribution < 1.29 is 9.21 Å². The Labute approximate surface area is 148 Å². The molecular formula is C21H22N2O2. The maximum absolute atomic E-state index is 12.8. The van der Waals surface area contributed by atoms with E-state index < -0.39 is 0 Å². The van der Waals surface area contributed by atoms with Crippen LogP contribution in [0.15, 0.2) is 40.8 Å². The third kappa shape index (κ3) is 3.23. The Morgan fingerprint density at radius 2 is 2.20 bits per heavy atom. The smallest absolute Gasteiger partial charge is 0.205 e.